The number of ether oxygens (including phenoxy) is 1. The van der Waals surface area contributed by atoms with Gasteiger partial charge in [0.05, 0.1) is 6.61 Å². The van der Waals surface area contributed by atoms with E-state index in [1.54, 1.807) is 0 Å². The molecule has 0 bridgehead atoms. The summed E-state index contributed by atoms with van der Waals surface area (Å²) >= 11 is 0. The molecule has 0 heterocycles. The molecular weight excluding hydrogens is 252 g/mol. The Kier molecular flexibility index (Phi) is 5.85. The third-order valence-corrected chi connectivity index (χ3v) is 4.81. The van der Waals surface area contributed by atoms with Crippen LogP contribution in [0.15, 0.2) is 0 Å². The molecule has 0 saturated heterocycles. The molecule has 2 aliphatic carbocycles. The molecule has 2 rings (SSSR count). The maximum absolute atomic E-state index is 12.0. The first kappa shape index (κ1) is 15.8. The van der Waals surface area contributed by atoms with Crippen molar-refractivity contribution in [3.63, 3.8) is 0 Å². The Labute approximate surface area is 122 Å². The molecule has 20 heavy (non-hydrogen) atoms. The lowest BCUT2D eigenvalue weighted by Crippen LogP contribution is -2.60. The number of primary amides is 1. The number of nitrogens with one attached hydrogen (secondary N) is 1. The highest BCUT2D eigenvalue weighted by atomic mass is 16.5. The second-order valence-electron chi connectivity index (χ2n) is 6.56. The fourth-order valence-electron chi connectivity index (χ4n) is 3.34. The minimum absolute atomic E-state index is 0.239. The van der Waals surface area contributed by atoms with Crippen molar-refractivity contribution in [3.05, 3.63) is 0 Å². The molecule has 2 aliphatic rings. The minimum Gasteiger partial charge on any atom is -0.379 e. The summed E-state index contributed by atoms with van der Waals surface area (Å²) in [6.07, 6.45) is 9.74. The van der Waals surface area contributed by atoms with E-state index in [0.29, 0.717) is 18.4 Å². The Bertz CT molecular complexity index is 312. The van der Waals surface area contributed by atoms with Gasteiger partial charge in [0.15, 0.2) is 0 Å². The molecule has 1 amide bonds. The number of carbonyl (C=O) groups excluding carboxylic acids is 1. The van der Waals surface area contributed by atoms with E-state index in [1.807, 2.05) is 0 Å². The Balaban J connectivity index is 1.84. The van der Waals surface area contributed by atoms with Gasteiger partial charge < -0.3 is 15.8 Å². The van der Waals surface area contributed by atoms with Gasteiger partial charge in [0.2, 0.25) is 5.91 Å². The number of carbonyl (C=O) groups is 1. The summed E-state index contributed by atoms with van der Waals surface area (Å²) in [5, 5.41) is 3.38. The highest BCUT2D eigenvalue weighted by molar-refractivity contribution is 5.85. The Morgan fingerprint density at radius 2 is 1.95 bits per heavy atom. The quantitative estimate of drug-likeness (QED) is 0.681. The van der Waals surface area contributed by atoms with Crippen LogP contribution in [0, 0.1) is 11.8 Å². The number of hydrogen-bond donors (Lipinski definition) is 2. The molecule has 116 valence electrons. The number of amides is 1. The average Bonchev–Trinajstić information content (AvgIpc) is 3.28. The van der Waals surface area contributed by atoms with Gasteiger partial charge in [-0.15, -0.1) is 0 Å². The van der Waals surface area contributed by atoms with Gasteiger partial charge in [-0.25, -0.2) is 0 Å². The van der Waals surface area contributed by atoms with Crippen LogP contribution >= 0.6 is 0 Å². The fourth-order valence-corrected chi connectivity index (χ4v) is 3.34. The van der Waals surface area contributed by atoms with Crippen molar-refractivity contribution in [3.8, 4) is 0 Å². The van der Waals surface area contributed by atoms with Crippen LogP contribution in [0.25, 0.3) is 0 Å². The molecule has 0 aromatic carbocycles. The third kappa shape index (κ3) is 3.95. The Morgan fingerprint density at radius 1 is 1.25 bits per heavy atom. The molecule has 0 radical (unpaired) electrons. The molecule has 1 atom stereocenters. The van der Waals surface area contributed by atoms with Gasteiger partial charge in [-0.2, -0.15) is 0 Å². The van der Waals surface area contributed by atoms with Crippen molar-refractivity contribution in [1.29, 1.82) is 0 Å². The first-order valence-electron chi connectivity index (χ1n) is 8.31. The maximum Gasteiger partial charge on any atom is 0.240 e. The van der Waals surface area contributed by atoms with Gasteiger partial charge >= 0.3 is 0 Å². The first-order chi connectivity index (χ1) is 9.69. The molecule has 4 nitrogen and oxygen atoms in total. The molecule has 0 spiro atoms. The van der Waals surface area contributed by atoms with Crippen LogP contribution in [0.2, 0.25) is 0 Å². The Hall–Kier alpha value is -0.610. The van der Waals surface area contributed by atoms with E-state index >= 15 is 0 Å². The van der Waals surface area contributed by atoms with Crippen LogP contribution in [0.4, 0.5) is 0 Å². The second kappa shape index (κ2) is 7.41. The van der Waals surface area contributed by atoms with E-state index < -0.39 is 5.54 Å². The third-order valence-electron chi connectivity index (χ3n) is 4.81. The fraction of sp³-hybridized carbons (Fsp3) is 0.938. The normalized spacial score (nSPS) is 23.4. The van der Waals surface area contributed by atoms with Crippen LogP contribution < -0.4 is 11.1 Å². The van der Waals surface area contributed by atoms with E-state index in [-0.39, 0.29) is 5.91 Å². The smallest absolute Gasteiger partial charge is 0.240 e. The van der Waals surface area contributed by atoms with Crippen LogP contribution in [0.1, 0.15) is 58.3 Å². The molecule has 4 heteroatoms. The predicted molar refractivity (Wildman–Crippen MR) is 80.3 cm³/mol. The zero-order chi connectivity index (χ0) is 14.4. The van der Waals surface area contributed by atoms with Crippen LogP contribution in [0.5, 0.6) is 0 Å². The largest absolute Gasteiger partial charge is 0.379 e. The monoisotopic (exact) mass is 282 g/mol. The van der Waals surface area contributed by atoms with Gasteiger partial charge in [-0.3, -0.25) is 4.79 Å². The standard InChI is InChI=1S/C16H30N2O2/c1-2-10-18-16(15(17)19,14-8-9-14)12-20-11-13-6-4-3-5-7-13/h13-14,18H,2-12H2,1H3,(H2,17,19). The van der Waals surface area contributed by atoms with E-state index in [4.69, 9.17) is 10.5 Å². The van der Waals surface area contributed by atoms with Crippen molar-refractivity contribution >= 4 is 5.91 Å². The minimum atomic E-state index is -0.620. The average molecular weight is 282 g/mol. The van der Waals surface area contributed by atoms with Crippen molar-refractivity contribution in [2.75, 3.05) is 19.8 Å². The van der Waals surface area contributed by atoms with Gasteiger partial charge in [-0.05, 0) is 50.5 Å². The molecular formula is C16H30N2O2. The molecule has 3 N–H and O–H groups in total. The molecule has 2 saturated carbocycles. The summed E-state index contributed by atoms with van der Waals surface area (Å²) in [5.41, 5.74) is 5.07. The number of hydrogen-bond acceptors (Lipinski definition) is 3. The van der Waals surface area contributed by atoms with Crippen LogP contribution in [-0.2, 0) is 9.53 Å². The SMILES string of the molecule is CCCNC(COCC1CCCCC1)(C(N)=O)C1CC1. The van der Waals surface area contributed by atoms with Crippen LogP contribution in [-0.4, -0.2) is 31.2 Å². The molecule has 2 fully saturated rings. The lowest BCUT2D eigenvalue weighted by Gasteiger charge is -2.33. The lowest BCUT2D eigenvalue weighted by atomic mass is 9.89. The predicted octanol–water partition coefficient (Wildman–Crippen LogP) is 2.22. The van der Waals surface area contributed by atoms with Crippen molar-refractivity contribution in [1.82, 2.24) is 5.32 Å². The van der Waals surface area contributed by atoms with E-state index in [1.165, 1.54) is 32.1 Å². The lowest BCUT2D eigenvalue weighted by molar-refractivity contribution is -0.128. The van der Waals surface area contributed by atoms with E-state index in [0.717, 1.165) is 32.4 Å². The van der Waals surface area contributed by atoms with Crippen molar-refractivity contribution in [2.24, 2.45) is 17.6 Å². The van der Waals surface area contributed by atoms with E-state index in [2.05, 4.69) is 12.2 Å². The van der Waals surface area contributed by atoms with Gasteiger partial charge in [0.25, 0.3) is 0 Å². The molecule has 0 aromatic rings. The van der Waals surface area contributed by atoms with Gasteiger partial charge in [0.1, 0.15) is 5.54 Å². The van der Waals surface area contributed by atoms with E-state index in [9.17, 15) is 4.79 Å². The summed E-state index contributed by atoms with van der Waals surface area (Å²) in [4.78, 5) is 12.0. The maximum atomic E-state index is 12.0. The zero-order valence-corrected chi connectivity index (χ0v) is 12.8. The number of rotatable bonds is 9. The summed E-state index contributed by atoms with van der Waals surface area (Å²) in [6.45, 7) is 4.17. The Morgan fingerprint density at radius 3 is 2.50 bits per heavy atom. The molecule has 1 unspecified atom stereocenters. The van der Waals surface area contributed by atoms with Crippen molar-refractivity contribution in [2.45, 2.75) is 63.8 Å². The summed E-state index contributed by atoms with van der Waals surface area (Å²) in [6, 6.07) is 0. The number of nitrogens with two attached hydrogens (primary N) is 1. The van der Waals surface area contributed by atoms with Gasteiger partial charge in [-0.1, -0.05) is 26.2 Å². The molecule has 0 aliphatic heterocycles. The summed E-state index contributed by atoms with van der Waals surface area (Å²) in [7, 11) is 0. The molecule has 0 aromatic heterocycles. The zero-order valence-electron chi connectivity index (χ0n) is 12.8. The second-order valence-corrected chi connectivity index (χ2v) is 6.56. The highest BCUT2D eigenvalue weighted by Crippen LogP contribution is 2.40. The summed E-state index contributed by atoms with van der Waals surface area (Å²) in [5.74, 6) is 0.815. The van der Waals surface area contributed by atoms with Gasteiger partial charge in [0, 0.05) is 6.61 Å². The summed E-state index contributed by atoms with van der Waals surface area (Å²) < 4.78 is 5.93. The van der Waals surface area contributed by atoms with Crippen molar-refractivity contribution < 1.29 is 9.53 Å². The first-order valence-corrected chi connectivity index (χ1v) is 8.31. The topological polar surface area (TPSA) is 64.3 Å². The van der Waals surface area contributed by atoms with Crippen LogP contribution in [0.3, 0.4) is 0 Å². The highest BCUT2D eigenvalue weighted by Gasteiger charge is 2.49.